The van der Waals surface area contributed by atoms with Gasteiger partial charge in [0.2, 0.25) is 5.91 Å². The van der Waals surface area contributed by atoms with Gasteiger partial charge in [0.1, 0.15) is 11.6 Å². The van der Waals surface area contributed by atoms with Gasteiger partial charge < -0.3 is 15.1 Å². The summed E-state index contributed by atoms with van der Waals surface area (Å²) in [5, 5.41) is 5.92. The zero-order valence-electron chi connectivity index (χ0n) is 15.2. The average Bonchev–Trinajstić information content (AvgIpc) is 2.98. The molecule has 6 nitrogen and oxygen atoms in total. The van der Waals surface area contributed by atoms with Crippen molar-refractivity contribution >= 4 is 40.2 Å². The van der Waals surface area contributed by atoms with E-state index in [2.05, 4.69) is 15.6 Å². The van der Waals surface area contributed by atoms with E-state index in [9.17, 15) is 9.59 Å². The van der Waals surface area contributed by atoms with E-state index in [1.54, 1.807) is 49.4 Å². The van der Waals surface area contributed by atoms with Gasteiger partial charge in [-0.25, -0.2) is 4.98 Å². The van der Waals surface area contributed by atoms with Crippen LogP contribution in [-0.4, -0.2) is 22.8 Å². The van der Waals surface area contributed by atoms with E-state index in [0.29, 0.717) is 27.7 Å². The lowest BCUT2D eigenvalue weighted by molar-refractivity contribution is -0.118. The molecule has 1 atom stereocenters. The van der Waals surface area contributed by atoms with Crippen molar-refractivity contribution in [2.75, 3.05) is 5.32 Å². The van der Waals surface area contributed by atoms with Crippen molar-refractivity contribution in [3.8, 4) is 0 Å². The molecule has 0 spiro atoms. The average molecular weight is 386 g/mol. The number of aryl methyl sites for hydroxylation is 1. The summed E-state index contributed by atoms with van der Waals surface area (Å²) in [5.41, 5.74) is 2.21. The van der Waals surface area contributed by atoms with E-state index in [-0.39, 0.29) is 11.8 Å². The number of carbonyl (C=O) groups excluding carboxylic acids is 2. The largest absolute Gasteiger partial charge is 0.441 e. The lowest BCUT2D eigenvalue weighted by atomic mass is 10.0. The molecule has 140 valence electrons. The van der Waals surface area contributed by atoms with Crippen LogP contribution in [0.4, 0.5) is 5.69 Å². The van der Waals surface area contributed by atoms with Crippen LogP contribution in [-0.2, 0) is 4.79 Å². The van der Waals surface area contributed by atoms with Crippen LogP contribution in [0.3, 0.4) is 0 Å². The first-order chi connectivity index (χ1) is 12.8. The Morgan fingerprint density at radius 3 is 2.59 bits per heavy atom. The van der Waals surface area contributed by atoms with Crippen LogP contribution in [0.25, 0.3) is 11.1 Å². The van der Waals surface area contributed by atoms with E-state index in [1.165, 1.54) is 0 Å². The number of nitrogens with one attached hydrogen (secondary N) is 2. The van der Waals surface area contributed by atoms with E-state index in [0.717, 1.165) is 5.52 Å². The normalized spacial score (nSPS) is 12.2. The molecule has 0 saturated carbocycles. The van der Waals surface area contributed by atoms with Gasteiger partial charge in [0, 0.05) is 18.7 Å². The van der Waals surface area contributed by atoms with Crippen LogP contribution in [0.1, 0.15) is 30.1 Å². The Labute approximate surface area is 161 Å². The molecule has 1 unspecified atom stereocenters. The number of oxazole rings is 1. The number of hydrogen-bond acceptors (Lipinski definition) is 4. The second-order valence-electron chi connectivity index (χ2n) is 6.58. The summed E-state index contributed by atoms with van der Waals surface area (Å²) in [7, 11) is 0. The summed E-state index contributed by atoms with van der Waals surface area (Å²) >= 11 is 6.07. The Morgan fingerprint density at radius 1 is 1.15 bits per heavy atom. The fraction of sp³-hybridized carbons (Fsp3) is 0.250. The second-order valence-corrected chi connectivity index (χ2v) is 6.99. The molecule has 0 aliphatic rings. The minimum atomic E-state index is -0.721. The Bertz CT molecular complexity index is 997. The highest BCUT2D eigenvalue weighted by Gasteiger charge is 2.25. The van der Waals surface area contributed by atoms with E-state index in [1.807, 2.05) is 13.8 Å². The first-order valence-corrected chi connectivity index (χ1v) is 8.96. The lowest BCUT2D eigenvalue weighted by Crippen LogP contribution is -2.47. The number of aromatic nitrogens is 1. The molecule has 1 heterocycles. The minimum Gasteiger partial charge on any atom is -0.441 e. The van der Waals surface area contributed by atoms with E-state index >= 15 is 0 Å². The summed E-state index contributed by atoms with van der Waals surface area (Å²) in [5.74, 6) is -0.273. The second kappa shape index (κ2) is 7.80. The summed E-state index contributed by atoms with van der Waals surface area (Å²) in [4.78, 5) is 29.5. The molecule has 3 aromatic rings. The van der Waals surface area contributed by atoms with E-state index in [4.69, 9.17) is 16.0 Å². The number of nitrogens with zero attached hydrogens (tertiary/aromatic N) is 1. The van der Waals surface area contributed by atoms with Crippen LogP contribution < -0.4 is 10.6 Å². The SMILES string of the molecule is Cc1nc2ccc(NC(=O)C(NC(=O)c3ccccc3Cl)C(C)C)cc2o1. The maximum absolute atomic E-state index is 12.7. The quantitative estimate of drug-likeness (QED) is 0.689. The van der Waals surface area contributed by atoms with Crippen LogP contribution in [0, 0.1) is 12.8 Å². The summed E-state index contributed by atoms with van der Waals surface area (Å²) < 4.78 is 5.49. The first-order valence-electron chi connectivity index (χ1n) is 8.58. The van der Waals surface area contributed by atoms with Gasteiger partial charge in [-0.3, -0.25) is 9.59 Å². The number of rotatable bonds is 5. The summed E-state index contributed by atoms with van der Waals surface area (Å²) in [6.45, 7) is 5.48. The maximum Gasteiger partial charge on any atom is 0.253 e. The van der Waals surface area contributed by atoms with Crippen molar-refractivity contribution in [1.29, 1.82) is 0 Å². The van der Waals surface area contributed by atoms with Gasteiger partial charge in [0.25, 0.3) is 5.91 Å². The standard InChI is InChI=1S/C20H20ClN3O3/c1-11(2)18(24-19(25)14-6-4-5-7-15(14)21)20(26)23-13-8-9-16-17(10-13)27-12(3)22-16/h4-11,18H,1-3H3,(H,23,26)(H,24,25). The maximum atomic E-state index is 12.7. The van der Waals surface area contributed by atoms with Gasteiger partial charge in [-0.05, 0) is 30.2 Å². The van der Waals surface area contributed by atoms with Crippen LogP contribution in [0.5, 0.6) is 0 Å². The highest BCUT2D eigenvalue weighted by atomic mass is 35.5. The third-order valence-electron chi connectivity index (χ3n) is 4.12. The monoisotopic (exact) mass is 385 g/mol. The summed E-state index contributed by atoms with van der Waals surface area (Å²) in [6, 6.07) is 11.2. The zero-order chi connectivity index (χ0) is 19.6. The molecule has 2 aromatic carbocycles. The third kappa shape index (κ3) is 4.28. The lowest BCUT2D eigenvalue weighted by Gasteiger charge is -2.22. The number of anilines is 1. The van der Waals surface area contributed by atoms with Crippen LogP contribution >= 0.6 is 11.6 Å². The van der Waals surface area contributed by atoms with Crippen molar-refractivity contribution < 1.29 is 14.0 Å². The first kappa shape index (κ1) is 18.9. The van der Waals surface area contributed by atoms with Crippen molar-refractivity contribution in [1.82, 2.24) is 10.3 Å². The Kier molecular flexibility index (Phi) is 5.46. The Morgan fingerprint density at radius 2 is 1.89 bits per heavy atom. The molecule has 7 heteroatoms. The molecular weight excluding hydrogens is 366 g/mol. The zero-order valence-corrected chi connectivity index (χ0v) is 16.0. The fourth-order valence-corrected chi connectivity index (χ4v) is 2.96. The van der Waals surface area contributed by atoms with Crippen molar-refractivity contribution in [2.45, 2.75) is 26.8 Å². The van der Waals surface area contributed by atoms with Gasteiger partial charge >= 0.3 is 0 Å². The number of fused-ring (bicyclic) bond motifs is 1. The van der Waals surface area contributed by atoms with Gasteiger partial charge in [-0.2, -0.15) is 0 Å². The Hall–Kier alpha value is -2.86. The molecule has 2 amide bonds. The molecule has 27 heavy (non-hydrogen) atoms. The smallest absolute Gasteiger partial charge is 0.253 e. The van der Waals surface area contributed by atoms with Gasteiger partial charge in [0.15, 0.2) is 11.5 Å². The number of amides is 2. The highest BCUT2D eigenvalue weighted by molar-refractivity contribution is 6.33. The molecule has 0 aliphatic carbocycles. The molecule has 3 rings (SSSR count). The van der Waals surface area contributed by atoms with Gasteiger partial charge in [-0.15, -0.1) is 0 Å². The molecule has 1 aromatic heterocycles. The third-order valence-corrected chi connectivity index (χ3v) is 4.45. The highest BCUT2D eigenvalue weighted by Crippen LogP contribution is 2.21. The molecule has 2 N–H and O–H groups in total. The molecule has 0 aliphatic heterocycles. The Balaban J connectivity index is 1.76. The topological polar surface area (TPSA) is 84.2 Å². The summed E-state index contributed by atoms with van der Waals surface area (Å²) in [6.07, 6.45) is 0. The van der Waals surface area contributed by atoms with E-state index < -0.39 is 11.9 Å². The van der Waals surface area contributed by atoms with Crippen LogP contribution in [0.15, 0.2) is 46.9 Å². The number of halogens is 1. The fourth-order valence-electron chi connectivity index (χ4n) is 2.74. The van der Waals surface area contributed by atoms with Gasteiger partial charge in [0.05, 0.1) is 10.6 Å². The number of benzene rings is 2. The molecule has 0 saturated heterocycles. The van der Waals surface area contributed by atoms with Crippen molar-refractivity contribution in [3.63, 3.8) is 0 Å². The van der Waals surface area contributed by atoms with Crippen LogP contribution in [0.2, 0.25) is 5.02 Å². The molecule has 0 fully saturated rings. The molecular formula is C20H20ClN3O3. The van der Waals surface area contributed by atoms with Crippen molar-refractivity contribution in [2.24, 2.45) is 5.92 Å². The van der Waals surface area contributed by atoms with Gasteiger partial charge in [-0.1, -0.05) is 37.6 Å². The molecule has 0 bridgehead atoms. The molecule has 0 radical (unpaired) electrons. The van der Waals surface area contributed by atoms with Crippen molar-refractivity contribution in [3.05, 3.63) is 58.9 Å². The number of carbonyl (C=O) groups is 2. The predicted molar refractivity (Wildman–Crippen MR) is 105 cm³/mol. The number of hydrogen-bond donors (Lipinski definition) is 2. The minimum absolute atomic E-state index is 0.118. The predicted octanol–water partition coefficient (Wildman–Crippen LogP) is 4.18.